The third-order valence-electron chi connectivity index (χ3n) is 3.37. The lowest BCUT2D eigenvalue weighted by Gasteiger charge is -2.05. The van der Waals surface area contributed by atoms with Crippen molar-refractivity contribution in [1.82, 2.24) is 9.55 Å². The molecule has 1 aromatic carbocycles. The van der Waals surface area contributed by atoms with E-state index >= 15 is 0 Å². The summed E-state index contributed by atoms with van der Waals surface area (Å²) in [5.41, 5.74) is 4.02. The van der Waals surface area contributed by atoms with E-state index < -0.39 is 0 Å². The highest BCUT2D eigenvalue weighted by atomic mass is 16.3. The summed E-state index contributed by atoms with van der Waals surface area (Å²) in [7, 11) is 1.94. The second kappa shape index (κ2) is 4.52. The van der Waals surface area contributed by atoms with Crippen LogP contribution in [0.25, 0.3) is 11.0 Å². The molecule has 3 rings (SSSR count). The number of nitrogens with zero attached hydrogens (tertiary/aromatic N) is 2. The van der Waals surface area contributed by atoms with Gasteiger partial charge in [0.15, 0.2) is 0 Å². The maximum atomic E-state index is 12.3. The number of carbonyl (C=O) groups excluding carboxylic acids is 1. The molecule has 0 aliphatic rings. The number of amides is 1. The Morgan fingerprint density at radius 2 is 2.15 bits per heavy atom. The maximum absolute atomic E-state index is 12.3. The number of carbonyl (C=O) groups is 1. The minimum atomic E-state index is -0.163. The number of aromatic nitrogens is 2. The predicted octanol–water partition coefficient (Wildman–Crippen LogP) is 3.04. The minimum Gasteiger partial charge on any atom is -0.469 e. The molecule has 0 saturated heterocycles. The second-order valence-corrected chi connectivity index (χ2v) is 4.86. The molecule has 5 nitrogen and oxygen atoms in total. The van der Waals surface area contributed by atoms with Gasteiger partial charge in [-0.05, 0) is 32.0 Å². The van der Waals surface area contributed by atoms with Crippen LogP contribution in [0.1, 0.15) is 21.7 Å². The van der Waals surface area contributed by atoms with Crippen molar-refractivity contribution in [3.05, 3.63) is 47.7 Å². The van der Waals surface area contributed by atoms with Crippen molar-refractivity contribution in [2.24, 2.45) is 7.05 Å². The van der Waals surface area contributed by atoms with E-state index in [4.69, 9.17) is 4.42 Å². The molecule has 0 radical (unpaired) electrons. The standard InChI is InChI=1S/C15H15N3O2/c1-9-7-20-10(2)14(9)15(19)17-11-4-5-13-12(6-11)16-8-18(13)3/h4-8H,1-3H3,(H,17,19). The highest BCUT2D eigenvalue weighted by Gasteiger charge is 2.16. The summed E-state index contributed by atoms with van der Waals surface area (Å²) in [6.07, 6.45) is 3.34. The number of imidazole rings is 1. The molecule has 0 atom stereocenters. The Labute approximate surface area is 116 Å². The van der Waals surface area contributed by atoms with Gasteiger partial charge in [0.25, 0.3) is 5.91 Å². The molecule has 20 heavy (non-hydrogen) atoms. The molecular formula is C15H15N3O2. The molecule has 0 fully saturated rings. The lowest BCUT2D eigenvalue weighted by atomic mass is 10.1. The summed E-state index contributed by atoms with van der Waals surface area (Å²) in [5.74, 6) is 0.461. The molecule has 0 saturated carbocycles. The zero-order valence-corrected chi connectivity index (χ0v) is 11.6. The summed E-state index contributed by atoms with van der Waals surface area (Å²) in [6.45, 7) is 3.64. The van der Waals surface area contributed by atoms with Crippen LogP contribution in [0.4, 0.5) is 5.69 Å². The summed E-state index contributed by atoms with van der Waals surface area (Å²) in [5, 5.41) is 2.88. The molecule has 5 heteroatoms. The number of nitrogens with one attached hydrogen (secondary N) is 1. The van der Waals surface area contributed by atoms with Crippen molar-refractivity contribution in [2.75, 3.05) is 5.32 Å². The van der Waals surface area contributed by atoms with Crippen LogP contribution in [-0.4, -0.2) is 15.5 Å². The summed E-state index contributed by atoms with van der Waals surface area (Å²) in [4.78, 5) is 16.5. The van der Waals surface area contributed by atoms with E-state index in [0.717, 1.165) is 22.3 Å². The van der Waals surface area contributed by atoms with E-state index in [1.807, 2.05) is 36.7 Å². The Hall–Kier alpha value is -2.56. The van der Waals surface area contributed by atoms with Crippen LogP contribution in [0.3, 0.4) is 0 Å². The second-order valence-electron chi connectivity index (χ2n) is 4.86. The van der Waals surface area contributed by atoms with Crippen LogP contribution in [-0.2, 0) is 7.05 Å². The first-order valence-corrected chi connectivity index (χ1v) is 6.33. The normalized spacial score (nSPS) is 10.9. The Morgan fingerprint density at radius 3 is 2.85 bits per heavy atom. The topological polar surface area (TPSA) is 60.1 Å². The Kier molecular flexibility index (Phi) is 2.82. The average Bonchev–Trinajstić information content (AvgIpc) is 2.93. The molecule has 2 heterocycles. The van der Waals surface area contributed by atoms with Gasteiger partial charge in [0.1, 0.15) is 5.76 Å². The van der Waals surface area contributed by atoms with Gasteiger partial charge in [-0.15, -0.1) is 0 Å². The van der Waals surface area contributed by atoms with Crippen LogP contribution < -0.4 is 5.32 Å². The first kappa shape index (κ1) is 12.5. The number of hydrogen-bond acceptors (Lipinski definition) is 3. The van der Waals surface area contributed by atoms with Crippen molar-refractivity contribution >= 4 is 22.6 Å². The van der Waals surface area contributed by atoms with Crippen molar-refractivity contribution in [2.45, 2.75) is 13.8 Å². The number of hydrogen-bond donors (Lipinski definition) is 1. The van der Waals surface area contributed by atoms with Crippen molar-refractivity contribution in [1.29, 1.82) is 0 Å². The molecule has 0 aliphatic heterocycles. The largest absolute Gasteiger partial charge is 0.469 e. The van der Waals surface area contributed by atoms with Gasteiger partial charge < -0.3 is 14.3 Å². The fraction of sp³-hybridized carbons (Fsp3) is 0.200. The van der Waals surface area contributed by atoms with Crippen molar-refractivity contribution in [3.63, 3.8) is 0 Å². The Morgan fingerprint density at radius 1 is 1.35 bits per heavy atom. The number of anilines is 1. The molecule has 102 valence electrons. The first-order chi connectivity index (χ1) is 9.56. The van der Waals surface area contributed by atoms with E-state index in [-0.39, 0.29) is 5.91 Å². The number of rotatable bonds is 2. The number of benzene rings is 1. The van der Waals surface area contributed by atoms with Gasteiger partial charge in [-0.1, -0.05) is 0 Å². The smallest absolute Gasteiger partial charge is 0.259 e. The van der Waals surface area contributed by atoms with Crippen LogP contribution in [0.5, 0.6) is 0 Å². The SMILES string of the molecule is Cc1coc(C)c1C(=O)Nc1ccc2c(c1)ncn2C. The van der Waals surface area contributed by atoms with Gasteiger partial charge in [-0.2, -0.15) is 0 Å². The molecule has 1 N–H and O–H groups in total. The maximum Gasteiger partial charge on any atom is 0.259 e. The van der Waals surface area contributed by atoms with Gasteiger partial charge in [0.05, 0.1) is 29.2 Å². The number of aryl methyl sites for hydroxylation is 3. The summed E-state index contributed by atoms with van der Waals surface area (Å²) in [6, 6.07) is 5.66. The molecule has 1 amide bonds. The van der Waals surface area contributed by atoms with E-state index in [2.05, 4.69) is 10.3 Å². The van der Waals surface area contributed by atoms with Crippen molar-refractivity contribution < 1.29 is 9.21 Å². The number of fused-ring (bicyclic) bond motifs is 1. The fourth-order valence-corrected chi connectivity index (χ4v) is 2.32. The van der Waals surface area contributed by atoms with E-state index in [1.165, 1.54) is 0 Å². The number of furan rings is 1. The Bertz CT molecular complexity index is 779. The quantitative estimate of drug-likeness (QED) is 0.777. The molecule has 0 spiro atoms. The molecular weight excluding hydrogens is 254 g/mol. The van der Waals surface area contributed by atoms with E-state index in [9.17, 15) is 4.79 Å². The van der Waals surface area contributed by atoms with Gasteiger partial charge in [-0.25, -0.2) is 4.98 Å². The summed E-state index contributed by atoms with van der Waals surface area (Å²) >= 11 is 0. The lowest BCUT2D eigenvalue weighted by molar-refractivity contribution is 0.102. The first-order valence-electron chi connectivity index (χ1n) is 6.33. The van der Waals surface area contributed by atoms with Crippen molar-refractivity contribution in [3.8, 4) is 0 Å². The highest BCUT2D eigenvalue weighted by molar-refractivity contribution is 6.06. The average molecular weight is 269 g/mol. The highest BCUT2D eigenvalue weighted by Crippen LogP contribution is 2.20. The molecule has 3 aromatic rings. The van der Waals surface area contributed by atoms with Gasteiger partial charge in [-0.3, -0.25) is 4.79 Å². The van der Waals surface area contributed by atoms with Crippen LogP contribution >= 0.6 is 0 Å². The fourth-order valence-electron chi connectivity index (χ4n) is 2.32. The van der Waals surface area contributed by atoms with E-state index in [0.29, 0.717) is 11.3 Å². The molecule has 0 bridgehead atoms. The zero-order chi connectivity index (χ0) is 14.3. The van der Waals surface area contributed by atoms with Gasteiger partial charge in [0, 0.05) is 18.3 Å². The van der Waals surface area contributed by atoms with Crippen LogP contribution in [0.2, 0.25) is 0 Å². The Balaban J connectivity index is 1.91. The summed E-state index contributed by atoms with van der Waals surface area (Å²) < 4.78 is 7.19. The zero-order valence-electron chi connectivity index (χ0n) is 11.6. The lowest BCUT2D eigenvalue weighted by Crippen LogP contribution is -2.13. The third kappa shape index (κ3) is 1.97. The van der Waals surface area contributed by atoms with Gasteiger partial charge in [0.2, 0.25) is 0 Å². The van der Waals surface area contributed by atoms with Gasteiger partial charge >= 0.3 is 0 Å². The molecule has 0 aliphatic carbocycles. The molecule has 2 aromatic heterocycles. The molecule has 0 unspecified atom stereocenters. The van der Waals surface area contributed by atoms with Crippen LogP contribution in [0.15, 0.2) is 35.2 Å². The monoisotopic (exact) mass is 269 g/mol. The van der Waals surface area contributed by atoms with E-state index in [1.54, 1.807) is 19.5 Å². The van der Waals surface area contributed by atoms with Crippen LogP contribution in [0, 0.1) is 13.8 Å². The predicted molar refractivity (Wildman–Crippen MR) is 76.8 cm³/mol. The third-order valence-corrected chi connectivity index (χ3v) is 3.37. The minimum absolute atomic E-state index is 0.163.